The Kier molecular flexibility index (Phi) is 4.88. The van der Waals surface area contributed by atoms with Crippen LogP contribution in [0.25, 0.3) is 0 Å². The summed E-state index contributed by atoms with van der Waals surface area (Å²) in [5, 5.41) is 13.0. The van der Waals surface area contributed by atoms with Gasteiger partial charge in [-0.3, -0.25) is 4.79 Å². The maximum absolute atomic E-state index is 13.0. The molecule has 3 nitrogen and oxygen atoms in total. The fourth-order valence-electron chi connectivity index (χ4n) is 1.58. The number of thiophene rings is 1. The molecule has 0 saturated carbocycles. The van der Waals surface area contributed by atoms with Crippen molar-refractivity contribution in [1.29, 1.82) is 0 Å². The van der Waals surface area contributed by atoms with E-state index < -0.39 is 0 Å². The number of rotatable bonds is 3. The first-order valence-electron chi connectivity index (χ1n) is 5.90. The van der Waals surface area contributed by atoms with E-state index in [1.807, 2.05) is 0 Å². The van der Waals surface area contributed by atoms with E-state index in [4.69, 9.17) is 5.11 Å². The number of benzene rings is 1. The number of halogens is 1. The second-order valence-electron chi connectivity index (χ2n) is 3.97. The van der Waals surface area contributed by atoms with E-state index in [-0.39, 0.29) is 24.9 Å². The van der Waals surface area contributed by atoms with Gasteiger partial charge in [0.15, 0.2) is 0 Å². The topological polar surface area (TPSA) is 49.3 Å². The molecule has 1 aromatic carbocycles. The highest BCUT2D eigenvalue weighted by atomic mass is 32.1. The summed E-state index contributed by atoms with van der Waals surface area (Å²) in [7, 11) is 0. The second-order valence-corrected chi connectivity index (χ2v) is 4.88. The molecule has 20 heavy (non-hydrogen) atoms. The average Bonchev–Trinajstić information content (AvgIpc) is 2.91. The first kappa shape index (κ1) is 14.3. The van der Waals surface area contributed by atoms with Gasteiger partial charge in [0.25, 0.3) is 5.91 Å². The number of carbonyl (C=O) groups excluding carboxylic acids is 1. The Labute approximate surface area is 120 Å². The molecule has 0 radical (unpaired) electrons. The van der Waals surface area contributed by atoms with Gasteiger partial charge < -0.3 is 10.4 Å². The minimum atomic E-state index is -0.325. The number of hydrogen-bond donors (Lipinski definition) is 2. The van der Waals surface area contributed by atoms with E-state index in [1.54, 1.807) is 23.6 Å². The lowest BCUT2D eigenvalue weighted by Crippen LogP contribution is -2.22. The maximum Gasteiger partial charge on any atom is 0.252 e. The van der Waals surface area contributed by atoms with Crippen LogP contribution in [-0.4, -0.2) is 17.6 Å². The predicted octanol–water partition coefficient (Wildman–Crippen LogP) is 2.16. The Hall–Kier alpha value is -2.16. The lowest BCUT2D eigenvalue weighted by atomic mass is 10.2. The van der Waals surface area contributed by atoms with Gasteiger partial charge in [-0.15, -0.1) is 11.3 Å². The van der Waals surface area contributed by atoms with E-state index in [9.17, 15) is 9.18 Å². The van der Waals surface area contributed by atoms with Crippen molar-refractivity contribution in [1.82, 2.24) is 5.32 Å². The molecule has 1 aromatic heterocycles. The van der Waals surface area contributed by atoms with E-state index in [2.05, 4.69) is 17.2 Å². The van der Waals surface area contributed by atoms with Crippen LogP contribution in [0.1, 0.15) is 20.8 Å². The number of carbonyl (C=O) groups is 1. The summed E-state index contributed by atoms with van der Waals surface area (Å²) in [4.78, 5) is 12.6. The van der Waals surface area contributed by atoms with Crippen LogP contribution in [-0.2, 0) is 6.54 Å². The molecule has 5 heteroatoms. The van der Waals surface area contributed by atoms with Gasteiger partial charge >= 0.3 is 0 Å². The fraction of sp³-hybridized carbons (Fsp3) is 0.133. The Bertz CT molecular complexity index is 670. The van der Waals surface area contributed by atoms with Crippen LogP contribution in [0.4, 0.5) is 4.39 Å². The molecular formula is C15H12FNO2S. The monoisotopic (exact) mass is 289 g/mol. The Morgan fingerprint density at radius 3 is 3.00 bits per heavy atom. The molecule has 0 aliphatic carbocycles. The van der Waals surface area contributed by atoms with E-state index in [0.29, 0.717) is 11.1 Å². The molecule has 1 heterocycles. The molecule has 0 atom stereocenters. The first-order valence-corrected chi connectivity index (χ1v) is 6.78. The van der Waals surface area contributed by atoms with Crippen molar-refractivity contribution in [3.8, 4) is 11.8 Å². The first-order chi connectivity index (χ1) is 9.69. The summed E-state index contributed by atoms with van der Waals surface area (Å²) in [6.45, 7) is 0.0586. The third-order valence-electron chi connectivity index (χ3n) is 2.49. The van der Waals surface area contributed by atoms with Crippen LogP contribution in [0.15, 0.2) is 35.7 Å². The van der Waals surface area contributed by atoms with Gasteiger partial charge in [-0.25, -0.2) is 4.39 Å². The number of amides is 1. The predicted molar refractivity (Wildman–Crippen MR) is 75.9 cm³/mol. The lowest BCUT2D eigenvalue weighted by Gasteiger charge is -2.03. The number of nitrogens with one attached hydrogen (secondary N) is 1. The minimum Gasteiger partial charge on any atom is -0.384 e. The average molecular weight is 289 g/mol. The van der Waals surface area contributed by atoms with Gasteiger partial charge in [0.05, 0.1) is 10.4 Å². The Morgan fingerprint density at radius 2 is 2.25 bits per heavy atom. The summed E-state index contributed by atoms with van der Waals surface area (Å²) < 4.78 is 13.0. The molecule has 2 N–H and O–H groups in total. The standard InChI is InChI=1S/C15H12FNO2S/c16-13-4-1-3-11(7-13)9-17-15(19)12-8-14(20-10-12)5-2-6-18/h1,3-4,7-8,10,18H,6,9H2,(H,17,19). The molecule has 102 valence electrons. The molecular weight excluding hydrogens is 277 g/mol. The Balaban J connectivity index is 1.96. The third kappa shape index (κ3) is 3.92. The van der Waals surface area contributed by atoms with E-state index >= 15 is 0 Å². The summed E-state index contributed by atoms with van der Waals surface area (Å²) >= 11 is 1.34. The number of hydrogen-bond acceptors (Lipinski definition) is 3. The number of aliphatic hydroxyl groups excluding tert-OH is 1. The van der Waals surface area contributed by atoms with Crippen LogP contribution >= 0.6 is 11.3 Å². The van der Waals surface area contributed by atoms with Crippen LogP contribution < -0.4 is 5.32 Å². The lowest BCUT2D eigenvalue weighted by molar-refractivity contribution is 0.0951. The third-order valence-corrected chi connectivity index (χ3v) is 3.34. The fourth-order valence-corrected chi connectivity index (χ4v) is 2.33. The van der Waals surface area contributed by atoms with Crippen molar-refractivity contribution >= 4 is 17.2 Å². The van der Waals surface area contributed by atoms with Crippen molar-refractivity contribution in [3.63, 3.8) is 0 Å². The zero-order valence-electron chi connectivity index (χ0n) is 10.5. The molecule has 2 rings (SSSR count). The molecule has 0 fully saturated rings. The van der Waals surface area contributed by atoms with Crippen LogP contribution in [0, 0.1) is 17.7 Å². The highest BCUT2D eigenvalue weighted by molar-refractivity contribution is 7.10. The number of aliphatic hydroxyl groups is 1. The second kappa shape index (κ2) is 6.85. The van der Waals surface area contributed by atoms with Gasteiger partial charge in [0.1, 0.15) is 12.4 Å². The van der Waals surface area contributed by atoms with Crippen molar-refractivity contribution in [3.05, 3.63) is 57.5 Å². The Morgan fingerprint density at radius 1 is 1.40 bits per heavy atom. The van der Waals surface area contributed by atoms with Gasteiger partial charge in [-0.05, 0) is 23.8 Å². The highest BCUT2D eigenvalue weighted by Gasteiger charge is 2.07. The van der Waals surface area contributed by atoms with Crippen molar-refractivity contribution in [2.24, 2.45) is 0 Å². The van der Waals surface area contributed by atoms with Crippen LogP contribution in [0.5, 0.6) is 0 Å². The molecule has 0 unspecified atom stereocenters. The normalized spacial score (nSPS) is 9.70. The molecule has 0 saturated heterocycles. The largest absolute Gasteiger partial charge is 0.384 e. The van der Waals surface area contributed by atoms with Gasteiger partial charge in [0.2, 0.25) is 0 Å². The van der Waals surface area contributed by atoms with Gasteiger partial charge in [-0.1, -0.05) is 24.0 Å². The zero-order chi connectivity index (χ0) is 14.4. The molecule has 0 spiro atoms. The summed E-state index contributed by atoms with van der Waals surface area (Å²) in [6, 6.07) is 7.75. The molecule has 1 amide bonds. The summed E-state index contributed by atoms with van der Waals surface area (Å²) in [6.07, 6.45) is 0. The zero-order valence-corrected chi connectivity index (χ0v) is 11.3. The minimum absolute atomic E-state index is 0.209. The van der Waals surface area contributed by atoms with E-state index in [0.717, 1.165) is 4.88 Å². The van der Waals surface area contributed by atoms with Crippen molar-refractivity contribution in [2.75, 3.05) is 6.61 Å². The molecule has 0 aliphatic rings. The molecule has 0 aliphatic heterocycles. The molecule has 2 aromatic rings. The SMILES string of the molecule is O=C(NCc1cccc(F)c1)c1csc(C#CCO)c1. The summed E-state index contributed by atoms with van der Waals surface area (Å²) in [5.74, 6) is 4.70. The quantitative estimate of drug-likeness (QED) is 0.851. The van der Waals surface area contributed by atoms with Crippen LogP contribution in [0.2, 0.25) is 0 Å². The van der Waals surface area contributed by atoms with Gasteiger partial charge in [0, 0.05) is 11.9 Å². The van der Waals surface area contributed by atoms with Crippen LogP contribution in [0.3, 0.4) is 0 Å². The smallest absolute Gasteiger partial charge is 0.252 e. The highest BCUT2D eigenvalue weighted by Crippen LogP contribution is 2.13. The molecule has 0 bridgehead atoms. The van der Waals surface area contributed by atoms with Crippen molar-refractivity contribution in [2.45, 2.75) is 6.54 Å². The van der Waals surface area contributed by atoms with E-state index in [1.165, 1.54) is 23.5 Å². The van der Waals surface area contributed by atoms with Crippen molar-refractivity contribution < 1.29 is 14.3 Å². The maximum atomic E-state index is 13.0. The van der Waals surface area contributed by atoms with Gasteiger partial charge in [-0.2, -0.15) is 0 Å². The summed E-state index contributed by atoms with van der Waals surface area (Å²) in [5.41, 5.74) is 1.21.